The van der Waals surface area contributed by atoms with Crippen molar-refractivity contribution in [1.29, 1.82) is 0 Å². The minimum absolute atomic E-state index is 0.765. The molecule has 0 unspecified atom stereocenters. The summed E-state index contributed by atoms with van der Waals surface area (Å²) in [6, 6.07) is 8.15. The first kappa shape index (κ1) is 14.9. The molecule has 0 bridgehead atoms. The Balaban J connectivity index is 1.67. The molecular weight excluding hydrogens is 300 g/mol. The molecule has 2 rings (SSSR count). The molecule has 19 heavy (non-hydrogen) atoms. The lowest BCUT2D eigenvalue weighted by atomic mass is 9.80. The second kappa shape index (κ2) is 7.94. The van der Waals surface area contributed by atoms with Crippen LogP contribution < -0.4 is 4.74 Å². The Kier molecular flexibility index (Phi) is 6.22. The summed E-state index contributed by atoms with van der Waals surface area (Å²) < 4.78 is 7.00. The lowest BCUT2D eigenvalue weighted by Gasteiger charge is -2.28. The van der Waals surface area contributed by atoms with E-state index in [9.17, 15) is 0 Å². The van der Waals surface area contributed by atoms with Gasteiger partial charge in [-0.1, -0.05) is 55.0 Å². The van der Waals surface area contributed by atoms with Gasteiger partial charge in [-0.25, -0.2) is 0 Å². The highest BCUT2D eigenvalue weighted by Gasteiger charge is 2.21. The van der Waals surface area contributed by atoms with Crippen LogP contribution in [0.1, 0.15) is 51.9 Å². The molecular formula is C17H25BrO. The maximum Gasteiger partial charge on any atom is 0.119 e. The van der Waals surface area contributed by atoms with Crippen molar-refractivity contribution in [3.05, 3.63) is 28.7 Å². The van der Waals surface area contributed by atoms with E-state index in [0.717, 1.165) is 28.7 Å². The van der Waals surface area contributed by atoms with E-state index in [-0.39, 0.29) is 0 Å². The van der Waals surface area contributed by atoms with E-state index >= 15 is 0 Å². The smallest absolute Gasteiger partial charge is 0.119 e. The van der Waals surface area contributed by atoms with Crippen molar-refractivity contribution in [2.24, 2.45) is 11.8 Å². The number of ether oxygens (including phenoxy) is 1. The minimum atomic E-state index is 0.765. The molecule has 0 heterocycles. The fraction of sp³-hybridized carbons (Fsp3) is 0.647. The first-order valence-corrected chi connectivity index (χ1v) is 8.45. The first-order valence-electron chi connectivity index (χ1n) is 7.66. The highest BCUT2D eigenvalue weighted by atomic mass is 79.9. The molecule has 0 saturated heterocycles. The zero-order valence-corrected chi connectivity index (χ0v) is 13.5. The average molecular weight is 325 g/mol. The zero-order valence-electron chi connectivity index (χ0n) is 11.9. The van der Waals surface area contributed by atoms with Crippen molar-refractivity contribution in [2.45, 2.75) is 51.9 Å². The Morgan fingerprint density at radius 3 is 2.32 bits per heavy atom. The number of hydrogen-bond acceptors (Lipinski definition) is 1. The molecule has 0 radical (unpaired) electrons. The summed E-state index contributed by atoms with van der Waals surface area (Å²) in [5, 5.41) is 0. The molecule has 0 aromatic heterocycles. The van der Waals surface area contributed by atoms with Crippen LogP contribution in [0.2, 0.25) is 0 Å². The van der Waals surface area contributed by atoms with Gasteiger partial charge < -0.3 is 4.74 Å². The third-order valence-corrected chi connectivity index (χ3v) is 4.76. The molecule has 1 aromatic rings. The van der Waals surface area contributed by atoms with Gasteiger partial charge in [-0.3, -0.25) is 0 Å². The lowest BCUT2D eigenvalue weighted by molar-refractivity contribution is 0.178. The largest absolute Gasteiger partial charge is 0.493 e. The summed E-state index contributed by atoms with van der Waals surface area (Å²) >= 11 is 3.44. The first-order chi connectivity index (χ1) is 9.28. The van der Waals surface area contributed by atoms with E-state index < -0.39 is 0 Å². The van der Waals surface area contributed by atoms with Gasteiger partial charge in [-0.15, -0.1) is 0 Å². The third kappa shape index (κ3) is 5.18. The predicted octanol–water partition coefficient (Wildman–Crippen LogP) is 5.82. The van der Waals surface area contributed by atoms with Crippen LogP contribution in [0.5, 0.6) is 5.75 Å². The standard InChI is InChI=1S/C17H25BrO/c1-2-3-4-14-5-7-15(8-6-14)13-19-17-11-9-16(18)10-12-17/h9-12,14-15H,2-8,13H2,1H3. The normalized spacial score (nSPS) is 23.3. The van der Waals surface area contributed by atoms with Crippen LogP contribution >= 0.6 is 15.9 Å². The van der Waals surface area contributed by atoms with Gasteiger partial charge >= 0.3 is 0 Å². The van der Waals surface area contributed by atoms with Gasteiger partial charge in [0.15, 0.2) is 0 Å². The van der Waals surface area contributed by atoms with Crippen molar-refractivity contribution in [3.63, 3.8) is 0 Å². The van der Waals surface area contributed by atoms with Crippen molar-refractivity contribution in [3.8, 4) is 5.75 Å². The third-order valence-electron chi connectivity index (χ3n) is 4.23. The second-order valence-electron chi connectivity index (χ2n) is 5.79. The molecule has 1 aromatic carbocycles. The van der Waals surface area contributed by atoms with E-state index in [4.69, 9.17) is 4.74 Å². The van der Waals surface area contributed by atoms with E-state index in [1.165, 1.54) is 44.9 Å². The Labute approximate surface area is 125 Å². The topological polar surface area (TPSA) is 9.23 Å². The second-order valence-corrected chi connectivity index (χ2v) is 6.71. The zero-order chi connectivity index (χ0) is 13.5. The Hall–Kier alpha value is -0.500. The van der Waals surface area contributed by atoms with Crippen molar-refractivity contribution in [1.82, 2.24) is 0 Å². The van der Waals surface area contributed by atoms with Gasteiger partial charge in [0.2, 0.25) is 0 Å². The summed E-state index contributed by atoms with van der Waals surface area (Å²) in [5.74, 6) is 2.75. The number of rotatable bonds is 6. The predicted molar refractivity (Wildman–Crippen MR) is 84.6 cm³/mol. The molecule has 1 fully saturated rings. The van der Waals surface area contributed by atoms with Gasteiger partial charge in [-0.2, -0.15) is 0 Å². The highest BCUT2D eigenvalue weighted by Crippen LogP contribution is 2.32. The molecule has 0 spiro atoms. The van der Waals surface area contributed by atoms with Crippen LogP contribution in [0.15, 0.2) is 28.7 Å². The monoisotopic (exact) mass is 324 g/mol. The average Bonchev–Trinajstić information content (AvgIpc) is 2.46. The summed E-state index contributed by atoms with van der Waals surface area (Å²) in [6.07, 6.45) is 9.71. The molecule has 2 heteroatoms. The van der Waals surface area contributed by atoms with E-state index in [2.05, 4.69) is 22.9 Å². The Morgan fingerprint density at radius 1 is 1.05 bits per heavy atom. The van der Waals surface area contributed by atoms with Crippen LogP contribution in [0.4, 0.5) is 0 Å². The van der Waals surface area contributed by atoms with Crippen molar-refractivity contribution in [2.75, 3.05) is 6.61 Å². The minimum Gasteiger partial charge on any atom is -0.493 e. The van der Waals surface area contributed by atoms with Crippen LogP contribution in [0.3, 0.4) is 0 Å². The molecule has 106 valence electrons. The summed E-state index contributed by atoms with van der Waals surface area (Å²) in [5.41, 5.74) is 0. The molecule has 1 aliphatic carbocycles. The highest BCUT2D eigenvalue weighted by molar-refractivity contribution is 9.10. The van der Waals surface area contributed by atoms with Gasteiger partial charge in [0.25, 0.3) is 0 Å². The number of halogens is 1. The summed E-state index contributed by atoms with van der Waals surface area (Å²) in [7, 11) is 0. The summed E-state index contributed by atoms with van der Waals surface area (Å²) in [4.78, 5) is 0. The quantitative estimate of drug-likeness (QED) is 0.640. The Bertz CT molecular complexity index is 352. The van der Waals surface area contributed by atoms with E-state index in [1.54, 1.807) is 0 Å². The number of unbranched alkanes of at least 4 members (excludes halogenated alkanes) is 1. The maximum atomic E-state index is 5.90. The van der Waals surface area contributed by atoms with Crippen molar-refractivity contribution < 1.29 is 4.74 Å². The van der Waals surface area contributed by atoms with Crippen LogP contribution in [0, 0.1) is 11.8 Å². The maximum absolute atomic E-state index is 5.90. The Morgan fingerprint density at radius 2 is 1.68 bits per heavy atom. The van der Waals surface area contributed by atoms with Crippen LogP contribution in [0.25, 0.3) is 0 Å². The fourth-order valence-corrected chi connectivity index (χ4v) is 3.19. The molecule has 0 N–H and O–H groups in total. The fourth-order valence-electron chi connectivity index (χ4n) is 2.92. The number of hydrogen-bond donors (Lipinski definition) is 0. The molecule has 1 aliphatic rings. The van der Waals surface area contributed by atoms with Gasteiger partial charge in [-0.05, 0) is 48.9 Å². The van der Waals surface area contributed by atoms with Crippen LogP contribution in [-0.4, -0.2) is 6.61 Å². The van der Waals surface area contributed by atoms with Gasteiger partial charge in [0.05, 0.1) is 6.61 Å². The van der Waals surface area contributed by atoms with Crippen molar-refractivity contribution >= 4 is 15.9 Å². The van der Waals surface area contributed by atoms with E-state index in [1.807, 2.05) is 24.3 Å². The molecule has 0 atom stereocenters. The molecule has 1 saturated carbocycles. The molecule has 1 nitrogen and oxygen atoms in total. The summed E-state index contributed by atoms with van der Waals surface area (Å²) in [6.45, 7) is 3.18. The molecule has 0 amide bonds. The van der Waals surface area contributed by atoms with Crippen LogP contribution in [-0.2, 0) is 0 Å². The van der Waals surface area contributed by atoms with Gasteiger partial charge in [0, 0.05) is 4.47 Å². The lowest BCUT2D eigenvalue weighted by Crippen LogP contribution is -2.20. The van der Waals surface area contributed by atoms with Gasteiger partial charge in [0.1, 0.15) is 5.75 Å². The SMILES string of the molecule is CCCCC1CCC(COc2ccc(Br)cc2)CC1. The number of benzene rings is 1. The molecule has 0 aliphatic heterocycles. The van der Waals surface area contributed by atoms with E-state index in [0.29, 0.717) is 0 Å².